The molecule has 118 valence electrons. The molecular formula is C19H19ClN2O. The van der Waals surface area contributed by atoms with E-state index in [4.69, 9.17) is 11.6 Å². The van der Waals surface area contributed by atoms with Crippen LogP contribution in [0.5, 0.6) is 0 Å². The second-order valence-electron chi connectivity index (χ2n) is 5.81. The van der Waals surface area contributed by atoms with Gasteiger partial charge < -0.3 is 10.3 Å². The van der Waals surface area contributed by atoms with E-state index in [2.05, 4.69) is 22.4 Å². The van der Waals surface area contributed by atoms with Crippen LogP contribution < -0.4 is 5.32 Å². The number of carbonyl (C=O) groups excluding carboxylic acids is 1. The summed E-state index contributed by atoms with van der Waals surface area (Å²) in [5, 5.41) is 4.65. The van der Waals surface area contributed by atoms with Gasteiger partial charge in [0.2, 0.25) is 0 Å². The number of hydrogen-bond acceptors (Lipinski definition) is 1. The van der Waals surface area contributed by atoms with Gasteiger partial charge in [-0.15, -0.1) is 0 Å². The molecule has 0 aliphatic heterocycles. The van der Waals surface area contributed by atoms with Gasteiger partial charge >= 0.3 is 0 Å². The molecule has 1 aromatic heterocycles. The number of rotatable bonds is 5. The van der Waals surface area contributed by atoms with Crippen LogP contribution in [0.3, 0.4) is 0 Å². The van der Waals surface area contributed by atoms with Crippen LogP contribution >= 0.6 is 11.6 Å². The van der Waals surface area contributed by atoms with Crippen LogP contribution in [-0.2, 0) is 6.42 Å². The monoisotopic (exact) mass is 326 g/mol. The summed E-state index contributed by atoms with van der Waals surface area (Å²) in [6.07, 6.45) is 1.85. The van der Waals surface area contributed by atoms with E-state index >= 15 is 0 Å². The third-order valence-electron chi connectivity index (χ3n) is 3.91. The highest BCUT2D eigenvalue weighted by Crippen LogP contribution is 2.20. The number of halogens is 1. The van der Waals surface area contributed by atoms with E-state index in [0.29, 0.717) is 10.7 Å². The molecule has 0 spiro atoms. The lowest BCUT2D eigenvalue weighted by molar-refractivity contribution is 0.0934. The van der Waals surface area contributed by atoms with Gasteiger partial charge in [0, 0.05) is 22.0 Å². The average Bonchev–Trinajstić information content (AvgIpc) is 2.97. The molecule has 3 nitrogen and oxygen atoms in total. The van der Waals surface area contributed by atoms with Gasteiger partial charge in [-0.2, -0.15) is 0 Å². The number of benzene rings is 2. The first-order chi connectivity index (χ1) is 11.1. The maximum absolute atomic E-state index is 12.3. The summed E-state index contributed by atoms with van der Waals surface area (Å²) in [6, 6.07) is 17.8. The maximum Gasteiger partial charge on any atom is 0.267 e. The first-order valence-electron chi connectivity index (χ1n) is 7.75. The van der Waals surface area contributed by atoms with Gasteiger partial charge in [0.15, 0.2) is 0 Å². The second kappa shape index (κ2) is 6.88. The quantitative estimate of drug-likeness (QED) is 0.708. The molecule has 0 saturated heterocycles. The standard InChI is InChI=1S/C19H19ClN2O/c1-13(7-8-14-5-3-2-4-6-14)21-19(23)18-12-15-11-16(20)9-10-17(15)22-18/h2-6,9-13,22H,7-8H2,1H3,(H,21,23)/t13-/m0/s1. The highest BCUT2D eigenvalue weighted by molar-refractivity contribution is 6.31. The Hall–Kier alpha value is -2.26. The zero-order chi connectivity index (χ0) is 16.2. The maximum atomic E-state index is 12.3. The molecule has 0 aliphatic rings. The number of carbonyl (C=O) groups is 1. The Kier molecular flexibility index (Phi) is 4.68. The van der Waals surface area contributed by atoms with E-state index < -0.39 is 0 Å². The molecule has 1 heterocycles. The van der Waals surface area contributed by atoms with Crippen molar-refractivity contribution in [3.63, 3.8) is 0 Å². The number of aryl methyl sites for hydroxylation is 1. The lowest BCUT2D eigenvalue weighted by Crippen LogP contribution is -2.33. The predicted molar refractivity (Wildman–Crippen MR) is 95.0 cm³/mol. The number of H-pyrrole nitrogens is 1. The van der Waals surface area contributed by atoms with Crippen LogP contribution in [-0.4, -0.2) is 16.9 Å². The number of fused-ring (bicyclic) bond motifs is 1. The molecule has 2 N–H and O–H groups in total. The fourth-order valence-electron chi connectivity index (χ4n) is 2.63. The molecule has 23 heavy (non-hydrogen) atoms. The van der Waals surface area contributed by atoms with E-state index in [1.54, 1.807) is 0 Å². The van der Waals surface area contributed by atoms with Crippen molar-refractivity contribution in [1.29, 1.82) is 0 Å². The Bertz CT molecular complexity index is 811. The summed E-state index contributed by atoms with van der Waals surface area (Å²) >= 11 is 5.98. The first kappa shape index (κ1) is 15.6. The molecular weight excluding hydrogens is 308 g/mol. The smallest absolute Gasteiger partial charge is 0.267 e. The van der Waals surface area contributed by atoms with Crippen molar-refractivity contribution in [3.8, 4) is 0 Å². The van der Waals surface area contributed by atoms with Crippen LogP contribution in [0.15, 0.2) is 54.6 Å². The van der Waals surface area contributed by atoms with Crippen molar-refractivity contribution < 1.29 is 4.79 Å². The molecule has 3 rings (SSSR count). The van der Waals surface area contributed by atoms with E-state index in [-0.39, 0.29) is 11.9 Å². The fourth-order valence-corrected chi connectivity index (χ4v) is 2.81. The topological polar surface area (TPSA) is 44.9 Å². The largest absolute Gasteiger partial charge is 0.351 e. The Morgan fingerprint density at radius 3 is 2.74 bits per heavy atom. The third kappa shape index (κ3) is 3.93. The van der Waals surface area contributed by atoms with Gasteiger partial charge in [-0.05, 0) is 49.6 Å². The van der Waals surface area contributed by atoms with Crippen molar-refractivity contribution in [1.82, 2.24) is 10.3 Å². The van der Waals surface area contributed by atoms with Gasteiger partial charge in [0.1, 0.15) is 5.69 Å². The van der Waals surface area contributed by atoms with Crippen molar-refractivity contribution in [2.45, 2.75) is 25.8 Å². The van der Waals surface area contributed by atoms with Gasteiger partial charge in [-0.3, -0.25) is 4.79 Å². The molecule has 0 fully saturated rings. The Labute approximate surface area is 140 Å². The highest BCUT2D eigenvalue weighted by atomic mass is 35.5. The summed E-state index contributed by atoms with van der Waals surface area (Å²) in [5.74, 6) is -0.0853. The van der Waals surface area contributed by atoms with Gasteiger partial charge in [0.25, 0.3) is 5.91 Å². The molecule has 3 aromatic rings. The van der Waals surface area contributed by atoms with Gasteiger partial charge in [0.05, 0.1) is 0 Å². The lowest BCUT2D eigenvalue weighted by atomic mass is 10.1. The van der Waals surface area contributed by atoms with E-state index in [9.17, 15) is 4.79 Å². The minimum absolute atomic E-state index is 0.0853. The average molecular weight is 327 g/mol. The zero-order valence-corrected chi connectivity index (χ0v) is 13.7. The van der Waals surface area contributed by atoms with Crippen molar-refractivity contribution in [2.75, 3.05) is 0 Å². The van der Waals surface area contributed by atoms with Crippen LogP contribution in [0.2, 0.25) is 5.02 Å². The molecule has 0 unspecified atom stereocenters. The molecule has 1 atom stereocenters. The van der Waals surface area contributed by atoms with Gasteiger partial charge in [-0.1, -0.05) is 41.9 Å². The fraction of sp³-hybridized carbons (Fsp3) is 0.211. The van der Waals surface area contributed by atoms with E-state index in [1.807, 2.05) is 49.4 Å². The van der Waals surface area contributed by atoms with Gasteiger partial charge in [-0.25, -0.2) is 0 Å². The summed E-state index contributed by atoms with van der Waals surface area (Å²) in [4.78, 5) is 15.5. The molecule has 0 aliphatic carbocycles. The van der Waals surface area contributed by atoms with Crippen molar-refractivity contribution in [3.05, 3.63) is 70.9 Å². The van der Waals surface area contributed by atoms with Crippen LogP contribution in [0.25, 0.3) is 10.9 Å². The molecule has 2 aromatic carbocycles. The SMILES string of the molecule is C[C@@H](CCc1ccccc1)NC(=O)c1cc2cc(Cl)ccc2[nH]1. The summed E-state index contributed by atoms with van der Waals surface area (Å²) in [7, 11) is 0. The minimum atomic E-state index is -0.0853. The molecule has 4 heteroatoms. The Morgan fingerprint density at radius 1 is 1.17 bits per heavy atom. The number of aromatic nitrogens is 1. The Morgan fingerprint density at radius 2 is 1.96 bits per heavy atom. The molecule has 0 radical (unpaired) electrons. The Balaban J connectivity index is 1.61. The summed E-state index contributed by atoms with van der Waals surface area (Å²) in [6.45, 7) is 2.03. The first-order valence-corrected chi connectivity index (χ1v) is 8.12. The molecule has 0 saturated carbocycles. The third-order valence-corrected chi connectivity index (χ3v) is 4.15. The molecule has 1 amide bonds. The number of nitrogens with one attached hydrogen (secondary N) is 2. The second-order valence-corrected chi connectivity index (χ2v) is 6.25. The lowest BCUT2D eigenvalue weighted by Gasteiger charge is -2.13. The summed E-state index contributed by atoms with van der Waals surface area (Å²) in [5.41, 5.74) is 2.76. The normalized spacial score (nSPS) is 12.3. The van der Waals surface area contributed by atoms with Crippen molar-refractivity contribution >= 4 is 28.4 Å². The zero-order valence-electron chi connectivity index (χ0n) is 13.0. The van der Waals surface area contributed by atoms with Crippen LogP contribution in [0.1, 0.15) is 29.4 Å². The number of aromatic amines is 1. The highest BCUT2D eigenvalue weighted by Gasteiger charge is 2.12. The predicted octanol–water partition coefficient (Wildman–Crippen LogP) is 4.57. The van der Waals surface area contributed by atoms with Crippen LogP contribution in [0.4, 0.5) is 0 Å². The number of amides is 1. The van der Waals surface area contributed by atoms with Crippen molar-refractivity contribution in [2.24, 2.45) is 0 Å². The van der Waals surface area contributed by atoms with E-state index in [0.717, 1.165) is 23.7 Å². The van der Waals surface area contributed by atoms with E-state index in [1.165, 1.54) is 5.56 Å². The summed E-state index contributed by atoms with van der Waals surface area (Å²) < 4.78 is 0. The minimum Gasteiger partial charge on any atom is -0.351 e. The molecule has 0 bridgehead atoms. The number of hydrogen-bond donors (Lipinski definition) is 2. The van der Waals surface area contributed by atoms with Crippen LogP contribution in [0, 0.1) is 0 Å².